The maximum Gasteiger partial charge on any atom is 0.490 e. The van der Waals surface area contributed by atoms with E-state index in [1.807, 2.05) is 13.8 Å². The van der Waals surface area contributed by atoms with Gasteiger partial charge in [0.25, 0.3) is 5.91 Å². The number of alkyl halides is 3. The molecule has 2 aliphatic rings. The lowest BCUT2D eigenvalue weighted by atomic mass is 9.91. The van der Waals surface area contributed by atoms with Gasteiger partial charge in [-0.3, -0.25) is 9.69 Å². The van der Waals surface area contributed by atoms with Crippen molar-refractivity contribution in [3.05, 3.63) is 17.0 Å². The number of carbonyl (C=O) groups excluding carboxylic acids is 1. The zero-order valence-corrected chi connectivity index (χ0v) is 16.8. The van der Waals surface area contributed by atoms with Crippen LogP contribution in [0.5, 0.6) is 0 Å². The fourth-order valence-electron chi connectivity index (χ4n) is 3.54. The van der Waals surface area contributed by atoms with E-state index in [4.69, 9.17) is 19.2 Å². The fraction of sp³-hybridized carbons (Fsp3) is 0.722. The maximum absolute atomic E-state index is 12.1. The van der Waals surface area contributed by atoms with E-state index in [-0.39, 0.29) is 18.1 Å². The van der Waals surface area contributed by atoms with Crippen molar-refractivity contribution in [3.63, 3.8) is 0 Å². The minimum atomic E-state index is -5.08. The summed E-state index contributed by atoms with van der Waals surface area (Å²) in [5, 5.41) is 11.1. The highest BCUT2D eigenvalue weighted by molar-refractivity contribution is 5.80. The molecule has 11 heteroatoms. The van der Waals surface area contributed by atoms with Crippen LogP contribution < -0.4 is 0 Å². The summed E-state index contributed by atoms with van der Waals surface area (Å²) in [6.07, 6.45) is -3.22. The van der Waals surface area contributed by atoms with Crippen LogP contribution in [-0.4, -0.2) is 77.5 Å². The number of hydrogen-bond donors (Lipinski definition) is 1. The van der Waals surface area contributed by atoms with Gasteiger partial charge >= 0.3 is 12.1 Å². The van der Waals surface area contributed by atoms with Crippen molar-refractivity contribution in [1.82, 2.24) is 15.0 Å². The molecule has 1 amide bonds. The van der Waals surface area contributed by atoms with Crippen molar-refractivity contribution < 1.29 is 37.1 Å². The third-order valence-corrected chi connectivity index (χ3v) is 5.16. The smallest absolute Gasteiger partial charge is 0.475 e. The van der Waals surface area contributed by atoms with Crippen molar-refractivity contribution in [3.8, 4) is 0 Å². The average molecular weight is 421 g/mol. The van der Waals surface area contributed by atoms with Crippen molar-refractivity contribution in [2.45, 2.75) is 51.6 Å². The quantitative estimate of drug-likeness (QED) is 0.797. The number of halogens is 3. The van der Waals surface area contributed by atoms with Crippen LogP contribution in [0.15, 0.2) is 4.52 Å². The fourth-order valence-corrected chi connectivity index (χ4v) is 3.54. The lowest BCUT2D eigenvalue weighted by Gasteiger charge is -2.33. The van der Waals surface area contributed by atoms with E-state index in [0.29, 0.717) is 5.92 Å². The SMILES string of the molecule is Cc1noc(C)c1CN1CC[C@H]2C[C@@H](C(=O)N(C)C)O[C@@H]2C1.O=C(O)C(F)(F)F. The van der Waals surface area contributed by atoms with Crippen LogP contribution in [0.4, 0.5) is 13.2 Å². The molecule has 1 N–H and O–H groups in total. The van der Waals surface area contributed by atoms with Gasteiger partial charge in [0.05, 0.1) is 11.8 Å². The minimum Gasteiger partial charge on any atom is -0.475 e. The number of fused-ring (bicyclic) bond motifs is 1. The van der Waals surface area contributed by atoms with Crippen LogP contribution in [0, 0.1) is 19.8 Å². The van der Waals surface area contributed by atoms with Gasteiger partial charge in [0.1, 0.15) is 11.9 Å². The Labute approximate surface area is 166 Å². The van der Waals surface area contributed by atoms with E-state index >= 15 is 0 Å². The average Bonchev–Trinajstić information content (AvgIpc) is 3.18. The van der Waals surface area contributed by atoms with Gasteiger partial charge in [0, 0.05) is 32.7 Å². The maximum atomic E-state index is 12.1. The number of nitrogens with zero attached hydrogens (tertiary/aromatic N) is 3. The number of aliphatic carboxylic acids is 1. The molecule has 29 heavy (non-hydrogen) atoms. The Morgan fingerprint density at radius 1 is 1.31 bits per heavy atom. The molecule has 0 saturated carbocycles. The van der Waals surface area contributed by atoms with Crippen LogP contribution in [0.3, 0.4) is 0 Å². The van der Waals surface area contributed by atoms with Crippen molar-refractivity contribution >= 4 is 11.9 Å². The summed E-state index contributed by atoms with van der Waals surface area (Å²) in [5.41, 5.74) is 2.14. The van der Waals surface area contributed by atoms with Gasteiger partial charge in [-0.1, -0.05) is 5.16 Å². The van der Waals surface area contributed by atoms with Gasteiger partial charge in [0.2, 0.25) is 0 Å². The van der Waals surface area contributed by atoms with Gasteiger partial charge in [-0.25, -0.2) is 4.79 Å². The number of aromatic nitrogens is 1. The summed E-state index contributed by atoms with van der Waals surface area (Å²) in [4.78, 5) is 25.0. The summed E-state index contributed by atoms with van der Waals surface area (Å²) in [7, 11) is 3.58. The number of rotatable bonds is 3. The molecule has 8 nitrogen and oxygen atoms in total. The monoisotopic (exact) mass is 421 g/mol. The van der Waals surface area contributed by atoms with Crippen LogP contribution >= 0.6 is 0 Å². The van der Waals surface area contributed by atoms with Crippen molar-refractivity contribution in [2.75, 3.05) is 27.2 Å². The number of carbonyl (C=O) groups is 2. The molecule has 3 rings (SSSR count). The third-order valence-electron chi connectivity index (χ3n) is 5.16. The predicted molar refractivity (Wildman–Crippen MR) is 95.0 cm³/mol. The number of likely N-dealkylation sites (N-methyl/N-ethyl adjacent to an activating group) is 1. The van der Waals surface area contributed by atoms with Gasteiger partial charge in [0.15, 0.2) is 0 Å². The highest BCUT2D eigenvalue weighted by Crippen LogP contribution is 2.34. The van der Waals surface area contributed by atoms with Crippen LogP contribution in [-0.2, 0) is 20.9 Å². The second-order valence-electron chi connectivity index (χ2n) is 7.52. The Bertz CT molecular complexity index is 715. The first-order valence-electron chi connectivity index (χ1n) is 9.21. The lowest BCUT2D eigenvalue weighted by molar-refractivity contribution is -0.192. The van der Waals surface area contributed by atoms with E-state index in [0.717, 1.165) is 43.9 Å². The lowest BCUT2D eigenvalue weighted by Crippen LogP contribution is -2.42. The van der Waals surface area contributed by atoms with E-state index in [1.54, 1.807) is 19.0 Å². The molecule has 164 valence electrons. The Kier molecular flexibility index (Phi) is 7.28. The molecule has 1 aromatic rings. The molecule has 2 saturated heterocycles. The minimum absolute atomic E-state index is 0.0895. The molecule has 3 atom stereocenters. The first-order chi connectivity index (χ1) is 13.4. The summed E-state index contributed by atoms with van der Waals surface area (Å²) in [6, 6.07) is 0. The van der Waals surface area contributed by atoms with E-state index < -0.39 is 12.1 Å². The Morgan fingerprint density at radius 2 is 1.93 bits per heavy atom. The molecule has 3 heterocycles. The highest BCUT2D eigenvalue weighted by atomic mass is 19.4. The molecule has 2 aliphatic heterocycles. The zero-order chi connectivity index (χ0) is 21.9. The zero-order valence-electron chi connectivity index (χ0n) is 16.8. The number of carboxylic acids is 1. The first-order valence-corrected chi connectivity index (χ1v) is 9.21. The topological polar surface area (TPSA) is 96.1 Å². The van der Waals surface area contributed by atoms with Gasteiger partial charge in [-0.05, 0) is 39.2 Å². The molecule has 0 aromatic carbocycles. The highest BCUT2D eigenvalue weighted by Gasteiger charge is 2.42. The largest absolute Gasteiger partial charge is 0.490 e. The molecule has 0 bridgehead atoms. The number of piperidine rings is 1. The molecule has 2 fully saturated rings. The number of carboxylic acid groups (broad SMARTS) is 1. The summed E-state index contributed by atoms with van der Waals surface area (Å²) < 4.78 is 43.0. The summed E-state index contributed by atoms with van der Waals surface area (Å²) in [6.45, 7) is 6.71. The number of aryl methyl sites for hydroxylation is 2. The molecule has 0 radical (unpaired) electrons. The molecular formula is C18H26F3N3O5. The van der Waals surface area contributed by atoms with Gasteiger partial charge in [-0.2, -0.15) is 13.2 Å². The van der Waals surface area contributed by atoms with Crippen molar-refractivity contribution in [2.24, 2.45) is 5.92 Å². The Balaban J connectivity index is 0.000000370. The molecule has 0 spiro atoms. The second-order valence-corrected chi connectivity index (χ2v) is 7.52. The molecule has 0 unspecified atom stereocenters. The summed E-state index contributed by atoms with van der Waals surface area (Å²) >= 11 is 0. The molecule has 1 aromatic heterocycles. The van der Waals surface area contributed by atoms with Crippen LogP contribution in [0.25, 0.3) is 0 Å². The molecular weight excluding hydrogens is 395 g/mol. The number of likely N-dealkylation sites (tertiary alicyclic amines) is 1. The standard InChI is InChI=1S/C16H25N3O3.C2HF3O2/c1-10-13(11(2)22-17-10)8-19-6-5-12-7-14(16(20)18(3)4)21-15(12)9-19;3-2(4,5)1(6)7/h12,14-15H,5-9H2,1-4H3;(H,6,7)/t12-,14-,15+;/m0./s1. The normalized spacial score (nSPS) is 24.4. The van der Waals surface area contributed by atoms with E-state index in [9.17, 15) is 18.0 Å². The second kappa shape index (κ2) is 9.12. The third kappa shape index (κ3) is 5.92. The van der Waals surface area contributed by atoms with E-state index in [1.165, 1.54) is 5.56 Å². The Morgan fingerprint density at radius 3 is 2.41 bits per heavy atom. The first kappa shape index (κ1) is 23.1. The number of amides is 1. The van der Waals surface area contributed by atoms with Crippen molar-refractivity contribution in [1.29, 1.82) is 0 Å². The predicted octanol–water partition coefficient (Wildman–Crippen LogP) is 1.99. The van der Waals surface area contributed by atoms with Crippen LogP contribution in [0.2, 0.25) is 0 Å². The summed E-state index contributed by atoms with van der Waals surface area (Å²) in [5.74, 6) is -1.26. The number of hydrogen-bond acceptors (Lipinski definition) is 6. The Hall–Kier alpha value is -2.14. The number of ether oxygens (including phenoxy) is 1. The molecule has 0 aliphatic carbocycles. The van der Waals surface area contributed by atoms with Crippen LogP contribution in [0.1, 0.15) is 29.9 Å². The van der Waals surface area contributed by atoms with Gasteiger partial charge in [-0.15, -0.1) is 0 Å². The van der Waals surface area contributed by atoms with Gasteiger partial charge < -0.3 is 19.3 Å². The van der Waals surface area contributed by atoms with E-state index in [2.05, 4.69) is 10.1 Å².